The molecule has 0 saturated heterocycles. The quantitative estimate of drug-likeness (QED) is 0.364. The number of fused-ring (bicyclic) bond motifs is 1. The van der Waals surface area contributed by atoms with Crippen LogP contribution >= 0.6 is 0 Å². The number of pyridine rings is 1. The van der Waals surface area contributed by atoms with E-state index in [0.29, 0.717) is 31.1 Å². The van der Waals surface area contributed by atoms with Gasteiger partial charge >= 0.3 is 0 Å². The molecule has 3 N–H and O–H groups in total. The molecule has 182 valence electrons. The van der Waals surface area contributed by atoms with Crippen LogP contribution in [0.15, 0.2) is 67.3 Å². The second kappa shape index (κ2) is 9.61. The first-order valence-electron chi connectivity index (χ1n) is 11.6. The Kier molecular flexibility index (Phi) is 6.20. The highest BCUT2D eigenvalue weighted by molar-refractivity contribution is 5.93. The number of imidazole rings is 1. The average Bonchev–Trinajstić information content (AvgIpc) is 3.44. The fourth-order valence-corrected chi connectivity index (χ4v) is 4.19. The highest BCUT2D eigenvalue weighted by atomic mass is 19.1. The van der Waals surface area contributed by atoms with Gasteiger partial charge in [0.15, 0.2) is 5.82 Å². The van der Waals surface area contributed by atoms with Gasteiger partial charge in [0.25, 0.3) is 5.91 Å². The van der Waals surface area contributed by atoms with Crippen LogP contribution in [0, 0.1) is 19.7 Å². The molecule has 36 heavy (non-hydrogen) atoms. The summed E-state index contributed by atoms with van der Waals surface area (Å²) in [5.41, 5.74) is 10.5. The molecule has 0 unspecified atom stereocenters. The van der Waals surface area contributed by atoms with Crippen molar-refractivity contribution < 1.29 is 9.18 Å². The maximum atomic E-state index is 13.1. The lowest BCUT2D eigenvalue weighted by Crippen LogP contribution is -2.23. The van der Waals surface area contributed by atoms with Gasteiger partial charge in [-0.25, -0.2) is 14.4 Å². The SMILES string of the molecule is Cc1cc2c(N)nccc2cc1CNC(=O)c1cn(Cc2ccc(Cn3cc(F)cn3)cc2)c(C)n1. The molecule has 0 saturated carbocycles. The van der Waals surface area contributed by atoms with Crippen molar-refractivity contribution in [3.05, 3.63) is 107 Å². The maximum absolute atomic E-state index is 13.1. The van der Waals surface area contributed by atoms with E-state index in [4.69, 9.17) is 5.73 Å². The number of halogens is 1. The van der Waals surface area contributed by atoms with E-state index in [9.17, 15) is 9.18 Å². The lowest BCUT2D eigenvalue weighted by Gasteiger charge is -2.10. The lowest BCUT2D eigenvalue weighted by molar-refractivity contribution is 0.0946. The van der Waals surface area contributed by atoms with Crippen molar-refractivity contribution in [3.8, 4) is 0 Å². The monoisotopic (exact) mass is 483 g/mol. The van der Waals surface area contributed by atoms with Crippen LogP contribution in [-0.4, -0.2) is 30.2 Å². The molecular weight excluding hydrogens is 457 g/mol. The van der Waals surface area contributed by atoms with Gasteiger partial charge in [0.1, 0.15) is 17.3 Å². The van der Waals surface area contributed by atoms with Crippen molar-refractivity contribution in [2.24, 2.45) is 0 Å². The van der Waals surface area contributed by atoms with E-state index in [1.807, 2.05) is 60.9 Å². The molecule has 9 heteroatoms. The molecule has 0 aliphatic rings. The highest BCUT2D eigenvalue weighted by Crippen LogP contribution is 2.23. The van der Waals surface area contributed by atoms with Crippen LogP contribution in [0.1, 0.15) is 38.6 Å². The molecule has 0 radical (unpaired) electrons. The van der Waals surface area contributed by atoms with E-state index in [1.54, 1.807) is 17.1 Å². The van der Waals surface area contributed by atoms with Crippen LogP contribution in [0.4, 0.5) is 10.2 Å². The van der Waals surface area contributed by atoms with E-state index >= 15 is 0 Å². The fraction of sp³-hybridized carbons (Fsp3) is 0.185. The van der Waals surface area contributed by atoms with E-state index < -0.39 is 0 Å². The number of carbonyl (C=O) groups is 1. The number of benzene rings is 2. The predicted molar refractivity (Wildman–Crippen MR) is 136 cm³/mol. The van der Waals surface area contributed by atoms with Gasteiger partial charge in [0, 0.05) is 30.9 Å². The minimum absolute atomic E-state index is 0.229. The first-order valence-corrected chi connectivity index (χ1v) is 11.6. The van der Waals surface area contributed by atoms with Gasteiger partial charge in [-0.2, -0.15) is 5.10 Å². The van der Waals surface area contributed by atoms with Crippen LogP contribution < -0.4 is 11.1 Å². The number of anilines is 1. The fourth-order valence-electron chi connectivity index (χ4n) is 4.19. The van der Waals surface area contributed by atoms with Crippen molar-refractivity contribution in [3.63, 3.8) is 0 Å². The molecule has 0 bridgehead atoms. The van der Waals surface area contributed by atoms with E-state index in [2.05, 4.69) is 20.4 Å². The maximum Gasteiger partial charge on any atom is 0.271 e. The lowest BCUT2D eigenvalue weighted by atomic mass is 10.0. The number of amides is 1. The summed E-state index contributed by atoms with van der Waals surface area (Å²) in [6.45, 7) is 5.34. The number of carbonyl (C=O) groups excluding carboxylic acids is 1. The van der Waals surface area contributed by atoms with Crippen molar-refractivity contribution in [2.45, 2.75) is 33.5 Å². The molecule has 0 atom stereocenters. The second-order valence-electron chi connectivity index (χ2n) is 8.85. The third-order valence-corrected chi connectivity index (χ3v) is 6.22. The molecule has 0 spiro atoms. The molecule has 8 nitrogen and oxygen atoms in total. The molecular formula is C27H26FN7O. The van der Waals surface area contributed by atoms with Gasteiger partial charge in [-0.1, -0.05) is 24.3 Å². The van der Waals surface area contributed by atoms with Crippen LogP contribution in [0.3, 0.4) is 0 Å². The molecule has 5 aromatic rings. The molecule has 3 heterocycles. The van der Waals surface area contributed by atoms with Gasteiger partial charge in [-0.15, -0.1) is 0 Å². The third kappa shape index (κ3) is 4.95. The summed E-state index contributed by atoms with van der Waals surface area (Å²) in [6.07, 6.45) is 6.01. The Bertz CT molecular complexity index is 1550. The summed E-state index contributed by atoms with van der Waals surface area (Å²) in [5, 5.41) is 8.84. The summed E-state index contributed by atoms with van der Waals surface area (Å²) >= 11 is 0. The molecule has 0 aliphatic heterocycles. The number of nitrogens with zero attached hydrogens (tertiary/aromatic N) is 5. The standard InChI is InChI=1S/C27H26FN7O/c1-17-9-24-21(7-8-30-26(24)29)10-22(17)11-31-27(36)25-16-34(18(2)33-25)13-19-3-5-20(6-4-19)14-35-15-23(28)12-32-35/h3-10,12,15-16H,11,13-14H2,1-2H3,(H2,29,30)(H,31,36). The minimum atomic E-state index is -0.350. The number of nitrogens with two attached hydrogens (primary N) is 1. The van der Waals surface area contributed by atoms with E-state index in [-0.39, 0.29) is 11.7 Å². The normalized spacial score (nSPS) is 11.2. The Labute approximate surface area is 207 Å². The summed E-state index contributed by atoms with van der Waals surface area (Å²) in [5.74, 6) is 0.667. The molecule has 2 aromatic carbocycles. The Hall–Kier alpha value is -4.53. The largest absolute Gasteiger partial charge is 0.383 e. The van der Waals surface area contributed by atoms with Crippen LogP contribution in [0.25, 0.3) is 10.8 Å². The zero-order valence-electron chi connectivity index (χ0n) is 20.1. The van der Waals surface area contributed by atoms with Crippen LogP contribution in [-0.2, 0) is 19.6 Å². The van der Waals surface area contributed by atoms with Gasteiger partial charge < -0.3 is 15.6 Å². The smallest absolute Gasteiger partial charge is 0.271 e. The topological polar surface area (TPSA) is 104 Å². The van der Waals surface area contributed by atoms with Gasteiger partial charge in [0.05, 0.1) is 18.9 Å². The summed E-state index contributed by atoms with van der Waals surface area (Å²) in [6, 6.07) is 13.9. The Morgan fingerprint density at radius 3 is 2.53 bits per heavy atom. The van der Waals surface area contributed by atoms with Crippen LogP contribution in [0.2, 0.25) is 0 Å². The van der Waals surface area contributed by atoms with Gasteiger partial charge in [-0.05, 0) is 59.7 Å². The summed E-state index contributed by atoms with van der Waals surface area (Å²) < 4.78 is 16.6. The Morgan fingerprint density at radius 2 is 1.81 bits per heavy atom. The number of hydrogen-bond acceptors (Lipinski definition) is 5. The number of aryl methyl sites for hydroxylation is 2. The summed E-state index contributed by atoms with van der Waals surface area (Å²) in [7, 11) is 0. The third-order valence-electron chi connectivity index (χ3n) is 6.22. The second-order valence-corrected chi connectivity index (χ2v) is 8.85. The predicted octanol–water partition coefficient (Wildman–Crippen LogP) is 3.99. The molecule has 0 aliphatic carbocycles. The number of nitrogens with one attached hydrogen (secondary N) is 1. The molecule has 0 fully saturated rings. The molecule has 5 rings (SSSR count). The molecule has 3 aromatic heterocycles. The number of aromatic nitrogens is 5. The number of nitrogen functional groups attached to an aromatic ring is 1. The van der Waals surface area contributed by atoms with Crippen molar-refractivity contribution in [1.82, 2.24) is 29.6 Å². The number of rotatable bonds is 7. The molecule has 1 amide bonds. The average molecular weight is 484 g/mol. The van der Waals surface area contributed by atoms with Crippen LogP contribution in [0.5, 0.6) is 0 Å². The summed E-state index contributed by atoms with van der Waals surface area (Å²) in [4.78, 5) is 21.4. The first kappa shape index (κ1) is 23.2. The first-order chi connectivity index (χ1) is 17.4. The van der Waals surface area contributed by atoms with E-state index in [1.165, 1.54) is 12.4 Å². The Balaban J connectivity index is 1.23. The highest BCUT2D eigenvalue weighted by Gasteiger charge is 2.13. The minimum Gasteiger partial charge on any atom is -0.383 e. The van der Waals surface area contributed by atoms with E-state index in [0.717, 1.165) is 38.9 Å². The number of hydrogen-bond donors (Lipinski definition) is 2. The zero-order valence-corrected chi connectivity index (χ0v) is 20.1. The van der Waals surface area contributed by atoms with Gasteiger partial charge in [-0.3, -0.25) is 9.48 Å². The Morgan fingerprint density at radius 1 is 1.06 bits per heavy atom. The van der Waals surface area contributed by atoms with Crippen molar-refractivity contribution in [2.75, 3.05) is 5.73 Å². The van der Waals surface area contributed by atoms with Crippen molar-refractivity contribution >= 4 is 22.5 Å². The van der Waals surface area contributed by atoms with Gasteiger partial charge in [0.2, 0.25) is 0 Å². The zero-order chi connectivity index (χ0) is 25.2. The van der Waals surface area contributed by atoms with Crippen molar-refractivity contribution in [1.29, 1.82) is 0 Å².